The number of nitrogens with zero attached hydrogens (tertiary/aromatic N) is 5. The van der Waals surface area contributed by atoms with Crippen LogP contribution in [0.25, 0.3) is 22.4 Å². The third-order valence-electron chi connectivity index (χ3n) is 5.61. The number of rotatable bonds is 4. The average molecular weight is 374 g/mol. The lowest BCUT2D eigenvalue weighted by molar-refractivity contribution is 0.197. The van der Waals surface area contributed by atoms with Gasteiger partial charge in [-0.05, 0) is 62.6 Å². The zero-order valence-electron chi connectivity index (χ0n) is 16.0. The molecule has 1 saturated heterocycles. The van der Waals surface area contributed by atoms with Gasteiger partial charge in [-0.3, -0.25) is 9.88 Å². The predicted octanol–water partition coefficient (Wildman–Crippen LogP) is 3.96. The summed E-state index contributed by atoms with van der Waals surface area (Å²) < 4.78 is 5.61. The lowest BCUT2D eigenvalue weighted by Gasteiger charge is -2.19. The van der Waals surface area contributed by atoms with E-state index < -0.39 is 0 Å². The van der Waals surface area contributed by atoms with Crippen molar-refractivity contribution in [2.75, 3.05) is 6.54 Å². The van der Waals surface area contributed by atoms with E-state index in [9.17, 15) is 0 Å². The fourth-order valence-corrected chi connectivity index (χ4v) is 3.92. The van der Waals surface area contributed by atoms with Gasteiger partial charge in [-0.25, -0.2) is 4.98 Å². The minimum absolute atomic E-state index is 0.124. The molecule has 4 heterocycles. The van der Waals surface area contributed by atoms with Crippen molar-refractivity contribution in [2.24, 2.45) is 0 Å². The van der Waals surface area contributed by atoms with Crippen LogP contribution in [0.4, 0.5) is 0 Å². The Morgan fingerprint density at radius 1 is 1.14 bits per heavy atom. The van der Waals surface area contributed by atoms with Gasteiger partial charge in [0.15, 0.2) is 0 Å². The molecule has 7 nitrogen and oxygen atoms in total. The smallest absolute Gasteiger partial charge is 0.244 e. The van der Waals surface area contributed by atoms with E-state index >= 15 is 0 Å². The van der Waals surface area contributed by atoms with Crippen LogP contribution in [-0.2, 0) is 6.54 Å². The molecule has 1 fully saturated rings. The van der Waals surface area contributed by atoms with Gasteiger partial charge in [-0.1, -0.05) is 11.2 Å². The first-order valence-corrected chi connectivity index (χ1v) is 9.62. The van der Waals surface area contributed by atoms with Crippen LogP contribution >= 0.6 is 0 Å². The minimum atomic E-state index is 0.124. The van der Waals surface area contributed by atoms with E-state index in [1.54, 1.807) is 12.4 Å². The summed E-state index contributed by atoms with van der Waals surface area (Å²) in [6, 6.07) is 8.14. The molecular weight excluding hydrogens is 352 g/mol. The van der Waals surface area contributed by atoms with Crippen LogP contribution in [0.1, 0.15) is 41.7 Å². The van der Waals surface area contributed by atoms with Crippen molar-refractivity contribution in [1.82, 2.24) is 30.0 Å². The van der Waals surface area contributed by atoms with Crippen molar-refractivity contribution >= 4 is 11.0 Å². The number of aryl methyl sites for hydroxylation is 2. The Bertz CT molecular complexity index is 1120. The molecular formula is C21H22N6O. The lowest BCUT2D eigenvalue weighted by Crippen LogP contribution is -2.23. The van der Waals surface area contributed by atoms with Crippen molar-refractivity contribution in [3.05, 3.63) is 59.5 Å². The molecule has 3 aromatic heterocycles. The molecule has 0 spiro atoms. The second-order valence-electron chi connectivity index (χ2n) is 7.41. The van der Waals surface area contributed by atoms with Gasteiger partial charge in [0.25, 0.3) is 0 Å². The maximum absolute atomic E-state index is 5.61. The molecule has 7 heteroatoms. The highest BCUT2D eigenvalue weighted by Crippen LogP contribution is 2.33. The number of hydrogen-bond acceptors (Lipinski definition) is 6. The zero-order chi connectivity index (χ0) is 19.1. The van der Waals surface area contributed by atoms with Crippen molar-refractivity contribution in [2.45, 2.75) is 39.3 Å². The van der Waals surface area contributed by atoms with E-state index in [1.807, 2.05) is 12.1 Å². The van der Waals surface area contributed by atoms with E-state index in [0.29, 0.717) is 11.7 Å². The van der Waals surface area contributed by atoms with Gasteiger partial charge in [0.05, 0.1) is 23.6 Å². The quantitative estimate of drug-likeness (QED) is 0.582. The number of imidazole rings is 1. The largest absolute Gasteiger partial charge is 0.341 e. The van der Waals surface area contributed by atoms with Crippen LogP contribution in [0.2, 0.25) is 0 Å². The second kappa shape index (κ2) is 6.83. The third kappa shape index (κ3) is 2.97. The standard InChI is InChI=1S/C21H22N6O/c1-13-5-6-16-19(14(13)2)24-18(23-16)12-27-11-3-4-17(27)21-25-20(26-28-21)15-7-9-22-10-8-15/h5-10,17H,3-4,11-12H2,1-2H3,(H,23,24)/t17-/m0/s1. The molecule has 1 aliphatic rings. The fraction of sp³-hybridized carbons (Fsp3) is 0.333. The Morgan fingerprint density at radius 3 is 2.86 bits per heavy atom. The first kappa shape index (κ1) is 17.1. The monoisotopic (exact) mass is 374 g/mol. The van der Waals surface area contributed by atoms with E-state index in [-0.39, 0.29) is 6.04 Å². The van der Waals surface area contributed by atoms with Gasteiger partial charge in [0.2, 0.25) is 11.7 Å². The summed E-state index contributed by atoms with van der Waals surface area (Å²) >= 11 is 0. The number of aromatic amines is 1. The summed E-state index contributed by atoms with van der Waals surface area (Å²) in [4.78, 5) is 19.4. The van der Waals surface area contributed by atoms with Crippen LogP contribution in [0.15, 0.2) is 41.2 Å². The highest BCUT2D eigenvalue weighted by Gasteiger charge is 2.31. The summed E-state index contributed by atoms with van der Waals surface area (Å²) in [7, 11) is 0. The van der Waals surface area contributed by atoms with E-state index in [2.05, 4.69) is 51.0 Å². The molecule has 1 aliphatic heterocycles. The maximum atomic E-state index is 5.61. The molecule has 0 amide bonds. The summed E-state index contributed by atoms with van der Waals surface area (Å²) in [5, 5.41) is 4.16. The number of nitrogens with one attached hydrogen (secondary N) is 1. The molecule has 5 rings (SSSR count). The molecule has 0 radical (unpaired) electrons. The fourth-order valence-electron chi connectivity index (χ4n) is 3.92. The molecule has 1 atom stereocenters. The first-order valence-electron chi connectivity index (χ1n) is 9.62. The molecule has 0 saturated carbocycles. The SMILES string of the molecule is Cc1ccc2[nH]c(CN3CCC[C@H]3c3nc(-c4ccncc4)no3)nc2c1C. The Balaban J connectivity index is 1.39. The lowest BCUT2D eigenvalue weighted by atomic mass is 10.1. The third-order valence-corrected chi connectivity index (χ3v) is 5.61. The number of hydrogen-bond donors (Lipinski definition) is 1. The number of aromatic nitrogens is 5. The Hall–Kier alpha value is -3.06. The van der Waals surface area contributed by atoms with Crippen LogP contribution in [-0.4, -0.2) is 36.5 Å². The summed E-state index contributed by atoms with van der Waals surface area (Å²) in [6.07, 6.45) is 5.59. The molecule has 1 N–H and O–H groups in total. The van der Waals surface area contributed by atoms with Gasteiger partial charge in [0.1, 0.15) is 5.82 Å². The van der Waals surface area contributed by atoms with Gasteiger partial charge in [-0.15, -0.1) is 0 Å². The second-order valence-corrected chi connectivity index (χ2v) is 7.41. The normalized spacial score (nSPS) is 17.6. The van der Waals surface area contributed by atoms with Crippen molar-refractivity contribution in [3.63, 3.8) is 0 Å². The molecule has 4 aromatic rings. The van der Waals surface area contributed by atoms with Gasteiger partial charge in [0, 0.05) is 18.0 Å². The van der Waals surface area contributed by atoms with Crippen molar-refractivity contribution < 1.29 is 4.52 Å². The van der Waals surface area contributed by atoms with Crippen LogP contribution in [0.3, 0.4) is 0 Å². The molecule has 28 heavy (non-hydrogen) atoms. The predicted molar refractivity (Wildman–Crippen MR) is 105 cm³/mol. The maximum Gasteiger partial charge on any atom is 0.244 e. The van der Waals surface area contributed by atoms with E-state index in [1.165, 1.54) is 11.1 Å². The number of likely N-dealkylation sites (tertiary alicyclic amines) is 1. The van der Waals surface area contributed by atoms with Gasteiger partial charge < -0.3 is 9.51 Å². The topological polar surface area (TPSA) is 83.7 Å². The Kier molecular flexibility index (Phi) is 4.16. The number of fused-ring (bicyclic) bond motifs is 1. The summed E-state index contributed by atoms with van der Waals surface area (Å²) in [5.41, 5.74) is 5.56. The minimum Gasteiger partial charge on any atom is -0.341 e. The van der Waals surface area contributed by atoms with Crippen molar-refractivity contribution in [3.8, 4) is 11.4 Å². The zero-order valence-corrected chi connectivity index (χ0v) is 16.0. The average Bonchev–Trinajstić information content (AvgIpc) is 3.45. The molecule has 142 valence electrons. The van der Waals surface area contributed by atoms with Crippen LogP contribution < -0.4 is 0 Å². The highest BCUT2D eigenvalue weighted by atomic mass is 16.5. The molecule has 0 aliphatic carbocycles. The van der Waals surface area contributed by atoms with E-state index in [0.717, 1.165) is 48.4 Å². The van der Waals surface area contributed by atoms with Gasteiger partial charge >= 0.3 is 0 Å². The number of pyridine rings is 1. The summed E-state index contributed by atoms with van der Waals surface area (Å²) in [6.45, 7) is 5.98. The molecule has 1 aromatic carbocycles. The van der Waals surface area contributed by atoms with Crippen LogP contribution in [0, 0.1) is 13.8 Å². The first-order chi connectivity index (χ1) is 13.7. The Labute approximate surface area is 162 Å². The number of benzene rings is 1. The van der Waals surface area contributed by atoms with Crippen molar-refractivity contribution in [1.29, 1.82) is 0 Å². The van der Waals surface area contributed by atoms with Crippen LogP contribution in [0.5, 0.6) is 0 Å². The Morgan fingerprint density at radius 2 is 2.00 bits per heavy atom. The number of H-pyrrole nitrogens is 1. The summed E-state index contributed by atoms with van der Waals surface area (Å²) in [5.74, 6) is 2.26. The van der Waals surface area contributed by atoms with Gasteiger partial charge in [-0.2, -0.15) is 4.98 Å². The highest BCUT2D eigenvalue weighted by molar-refractivity contribution is 5.79. The molecule has 0 unspecified atom stereocenters. The van der Waals surface area contributed by atoms with E-state index in [4.69, 9.17) is 9.51 Å². The molecule has 0 bridgehead atoms.